The smallest absolute Gasteiger partial charge is 0.330 e. The third-order valence-electron chi connectivity index (χ3n) is 4.78. The minimum atomic E-state index is -0.352. The second-order valence-corrected chi connectivity index (χ2v) is 7.16. The van der Waals surface area contributed by atoms with Crippen LogP contribution in [0.4, 0.5) is 11.5 Å². The van der Waals surface area contributed by atoms with Crippen LogP contribution in [0.1, 0.15) is 26.7 Å². The number of halogens is 1. The van der Waals surface area contributed by atoms with Crippen molar-refractivity contribution in [3.63, 3.8) is 0 Å². The van der Waals surface area contributed by atoms with Crippen LogP contribution in [0.25, 0.3) is 11.2 Å². The molecule has 0 aliphatic heterocycles. The van der Waals surface area contributed by atoms with Crippen LogP contribution >= 0.6 is 11.6 Å². The first-order valence-electron chi connectivity index (χ1n) is 9.91. The van der Waals surface area contributed by atoms with Crippen molar-refractivity contribution in [3.05, 3.63) is 45.8 Å². The molecule has 0 aliphatic carbocycles. The van der Waals surface area contributed by atoms with E-state index in [1.54, 1.807) is 39.5 Å². The van der Waals surface area contributed by atoms with Gasteiger partial charge in [0.1, 0.15) is 11.6 Å². The van der Waals surface area contributed by atoms with E-state index in [4.69, 9.17) is 16.3 Å². The van der Waals surface area contributed by atoms with Gasteiger partial charge >= 0.3 is 5.69 Å². The molecule has 2 amide bonds. The number of pyridine rings is 1. The molecule has 0 unspecified atom stereocenters. The summed E-state index contributed by atoms with van der Waals surface area (Å²) in [5.41, 5.74) is 1.61. The summed E-state index contributed by atoms with van der Waals surface area (Å²) in [4.78, 5) is 41.3. The molecule has 0 saturated carbocycles. The van der Waals surface area contributed by atoms with Crippen LogP contribution in [0.5, 0.6) is 5.75 Å². The van der Waals surface area contributed by atoms with Gasteiger partial charge in [-0.15, -0.1) is 0 Å². The van der Waals surface area contributed by atoms with Crippen molar-refractivity contribution in [1.29, 1.82) is 0 Å². The van der Waals surface area contributed by atoms with Gasteiger partial charge in [-0.05, 0) is 44.2 Å². The van der Waals surface area contributed by atoms with Crippen molar-refractivity contribution in [1.82, 2.24) is 14.1 Å². The molecule has 0 radical (unpaired) electrons. The fourth-order valence-corrected chi connectivity index (χ4v) is 3.51. The van der Waals surface area contributed by atoms with Gasteiger partial charge in [-0.2, -0.15) is 0 Å². The maximum absolute atomic E-state index is 12.4. The lowest BCUT2D eigenvalue weighted by Crippen LogP contribution is -2.23. The number of benzene rings is 1. The molecule has 164 valence electrons. The molecule has 10 heteroatoms. The van der Waals surface area contributed by atoms with Crippen molar-refractivity contribution in [2.45, 2.75) is 39.8 Å². The summed E-state index contributed by atoms with van der Waals surface area (Å²) in [6, 6.07) is 8.29. The molecule has 0 atom stereocenters. The number of fused-ring (bicyclic) bond motifs is 1. The molecule has 31 heavy (non-hydrogen) atoms. The first kappa shape index (κ1) is 22.4. The van der Waals surface area contributed by atoms with Gasteiger partial charge in [0, 0.05) is 31.6 Å². The van der Waals surface area contributed by atoms with Crippen LogP contribution in [0.15, 0.2) is 35.1 Å². The Hall–Kier alpha value is -3.33. The van der Waals surface area contributed by atoms with Gasteiger partial charge in [0.15, 0.2) is 5.65 Å². The molecule has 9 nitrogen and oxygen atoms in total. The van der Waals surface area contributed by atoms with Gasteiger partial charge in [0.05, 0.1) is 17.6 Å². The predicted octanol–water partition coefficient (Wildman–Crippen LogP) is 3.26. The quantitative estimate of drug-likeness (QED) is 0.553. The number of anilines is 2. The molecular weight excluding hydrogens is 422 g/mol. The number of hydrogen-bond acceptors (Lipinski definition) is 5. The van der Waals surface area contributed by atoms with E-state index in [-0.39, 0.29) is 30.3 Å². The van der Waals surface area contributed by atoms with Crippen molar-refractivity contribution in [3.8, 4) is 5.75 Å². The highest BCUT2D eigenvalue weighted by Gasteiger charge is 2.14. The number of carbonyl (C=O) groups is 2. The number of aromatic nitrogens is 3. The van der Waals surface area contributed by atoms with Crippen LogP contribution < -0.4 is 21.1 Å². The van der Waals surface area contributed by atoms with Gasteiger partial charge in [-0.1, -0.05) is 11.6 Å². The van der Waals surface area contributed by atoms with Crippen molar-refractivity contribution in [2.24, 2.45) is 0 Å². The largest absolute Gasteiger partial charge is 0.495 e. The number of ether oxygens (including phenoxy) is 1. The van der Waals surface area contributed by atoms with Crippen molar-refractivity contribution >= 4 is 46.1 Å². The second kappa shape index (κ2) is 9.65. The van der Waals surface area contributed by atoms with Crippen LogP contribution in [-0.2, 0) is 22.7 Å². The van der Waals surface area contributed by atoms with Crippen LogP contribution in [0.3, 0.4) is 0 Å². The van der Waals surface area contributed by atoms with Gasteiger partial charge in [-0.25, -0.2) is 9.78 Å². The number of carbonyl (C=O) groups excluding carboxylic acids is 2. The lowest BCUT2D eigenvalue weighted by atomic mass is 10.2. The lowest BCUT2D eigenvalue weighted by Gasteiger charge is -2.08. The monoisotopic (exact) mass is 445 g/mol. The van der Waals surface area contributed by atoms with E-state index in [2.05, 4.69) is 15.6 Å². The maximum Gasteiger partial charge on any atom is 0.330 e. The highest BCUT2D eigenvalue weighted by molar-refractivity contribution is 6.32. The van der Waals surface area contributed by atoms with E-state index < -0.39 is 0 Å². The maximum atomic E-state index is 12.4. The topological polar surface area (TPSA) is 107 Å². The number of hydrogen-bond donors (Lipinski definition) is 2. The Morgan fingerprint density at radius 2 is 1.71 bits per heavy atom. The zero-order valence-corrected chi connectivity index (χ0v) is 18.3. The third kappa shape index (κ3) is 4.88. The van der Waals surface area contributed by atoms with Gasteiger partial charge in [0.2, 0.25) is 11.8 Å². The summed E-state index contributed by atoms with van der Waals surface area (Å²) in [7, 11) is 1.51. The number of rotatable bonds is 8. The Bertz CT molecular complexity index is 1180. The molecule has 2 heterocycles. The molecule has 0 aliphatic rings. The van der Waals surface area contributed by atoms with E-state index in [1.807, 2.05) is 13.8 Å². The van der Waals surface area contributed by atoms with Crippen LogP contribution in [-0.4, -0.2) is 33.0 Å². The molecule has 2 N–H and O–H groups in total. The predicted molar refractivity (Wildman–Crippen MR) is 120 cm³/mol. The lowest BCUT2D eigenvalue weighted by molar-refractivity contribution is -0.121. The highest BCUT2D eigenvalue weighted by atomic mass is 35.5. The highest BCUT2D eigenvalue weighted by Crippen LogP contribution is 2.27. The summed E-state index contributed by atoms with van der Waals surface area (Å²) in [6.07, 6.45) is -0.0321. The Kier molecular flexibility index (Phi) is 6.96. The van der Waals surface area contributed by atoms with E-state index >= 15 is 0 Å². The Morgan fingerprint density at radius 3 is 2.32 bits per heavy atom. The van der Waals surface area contributed by atoms with E-state index in [0.29, 0.717) is 46.5 Å². The second-order valence-electron chi connectivity index (χ2n) is 6.76. The molecular formula is C21H24ClN5O4. The molecule has 0 spiro atoms. The number of amides is 2. The first-order valence-corrected chi connectivity index (χ1v) is 10.3. The normalized spacial score (nSPS) is 10.8. The van der Waals surface area contributed by atoms with Gasteiger partial charge in [0.25, 0.3) is 0 Å². The van der Waals surface area contributed by atoms with E-state index in [0.717, 1.165) is 0 Å². The molecule has 0 saturated heterocycles. The Morgan fingerprint density at radius 1 is 1.03 bits per heavy atom. The minimum Gasteiger partial charge on any atom is -0.495 e. The van der Waals surface area contributed by atoms with Crippen LogP contribution in [0, 0.1) is 0 Å². The zero-order valence-electron chi connectivity index (χ0n) is 17.6. The average Bonchev–Trinajstić information content (AvgIpc) is 3.02. The first-order chi connectivity index (χ1) is 14.9. The molecule has 2 aromatic heterocycles. The number of methoxy groups -OCH3 is 1. The van der Waals surface area contributed by atoms with Gasteiger partial charge in [-0.3, -0.25) is 18.7 Å². The van der Waals surface area contributed by atoms with Crippen molar-refractivity contribution in [2.75, 3.05) is 17.7 Å². The number of imidazole rings is 1. The SMILES string of the molecule is CCn1c(=O)n(CC)c2nc(NC(=O)CCC(=O)Nc3ccc(OC)c(Cl)c3)ccc21. The summed E-state index contributed by atoms with van der Waals surface area (Å²) < 4.78 is 8.26. The summed E-state index contributed by atoms with van der Waals surface area (Å²) in [5.74, 6) is 0.163. The zero-order chi connectivity index (χ0) is 22.5. The molecule has 1 aromatic carbocycles. The standard InChI is InChI=1S/C21H24ClN5O4/c1-4-26-15-7-9-17(25-20(15)27(5-2)21(26)30)24-19(29)11-10-18(28)23-13-6-8-16(31-3)14(22)12-13/h6-9,12H,4-5,10-11H2,1-3H3,(H,23,28)(H,24,25,29). The summed E-state index contributed by atoms with van der Waals surface area (Å²) >= 11 is 6.04. The van der Waals surface area contributed by atoms with E-state index in [9.17, 15) is 14.4 Å². The van der Waals surface area contributed by atoms with E-state index in [1.165, 1.54) is 7.11 Å². The fourth-order valence-electron chi connectivity index (χ4n) is 3.25. The van der Waals surface area contributed by atoms with Gasteiger partial charge < -0.3 is 15.4 Å². The number of aryl methyl sites for hydroxylation is 2. The Labute approximate surface area is 184 Å². The summed E-state index contributed by atoms with van der Waals surface area (Å²) in [5, 5.41) is 5.75. The van der Waals surface area contributed by atoms with Crippen molar-refractivity contribution < 1.29 is 14.3 Å². The third-order valence-corrected chi connectivity index (χ3v) is 5.07. The molecule has 0 bridgehead atoms. The Balaban J connectivity index is 1.61. The summed E-state index contributed by atoms with van der Waals surface area (Å²) in [6.45, 7) is 4.76. The molecule has 3 rings (SSSR count). The molecule has 0 fully saturated rings. The number of nitrogens with one attached hydrogen (secondary N) is 2. The molecule has 3 aromatic rings. The minimum absolute atomic E-state index is 0.0103. The number of nitrogens with zero attached hydrogens (tertiary/aromatic N) is 3. The average molecular weight is 446 g/mol. The van der Waals surface area contributed by atoms with Crippen LogP contribution in [0.2, 0.25) is 5.02 Å². The fraction of sp³-hybridized carbons (Fsp3) is 0.333.